The molecule has 0 aromatic heterocycles. The van der Waals surface area contributed by atoms with Crippen molar-refractivity contribution in [2.24, 2.45) is 5.92 Å². The third-order valence-electron chi connectivity index (χ3n) is 8.88. The Bertz CT molecular complexity index is 1390. The molecule has 6 rings (SSSR count). The van der Waals surface area contributed by atoms with Crippen LogP contribution in [0.3, 0.4) is 0 Å². The standard InChI is InChI=1S/C38H43N3O2/c42-38(39-25-31-21-23-41(27-31)26-30-12-4-1-5-13-30)34-18-10-19-35(24-34)43-36-20-11-22-40(28-36)29-37(32-14-6-2-7-15-32)33-16-8-3-9-17-33/h1-10,12-19,24,31,36-37H,11,20-23,25-29H2,(H,39,42). The fraction of sp³-hybridized carbons (Fsp3) is 0.342. The van der Waals surface area contributed by atoms with Crippen LogP contribution in [0, 0.1) is 5.92 Å². The van der Waals surface area contributed by atoms with E-state index < -0.39 is 0 Å². The van der Waals surface area contributed by atoms with Gasteiger partial charge < -0.3 is 10.1 Å². The Kier molecular flexibility index (Phi) is 9.83. The van der Waals surface area contributed by atoms with Crippen LogP contribution < -0.4 is 10.1 Å². The van der Waals surface area contributed by atoms with E-state index in [2.05, 4.69) is 106 Å². The lowest BCUT2D eigenvalue weighted by Crippen LogP contribution is -2.43. The van der Waals surface area contributed by atoms with Gasteiger partial charge in [0.05, 0.1) is 0 Å². The van der Waals surface area contributed by atoms with Crippen molar-refractivity contribution >= 4 is 5.91 Å². The molecule has 0 aliphatic carbocycles. The highest BCUT2D eigenvalue weighted by atomic mass is 16.5. The maximum absolute atomic E-state index is 13.1. The average molecular weight is 574 g/mol. The number of amides is 1. The summed E-state index contributed by atoms with van der Waals surface area (Å²) in [5.41, 5.74) is 4.70. The Morgan fingerprint density at radius 1 is 0.767 bits per heavy atom. The third-order valence-corrected chi connectivity index (χ3v) is 8.88. The number of likely N-dealkylation sites (tertiary alicyclic amines) is 2. The van der Waals surface area contributed by atoms with Crippen LogP contribution in [0.25, 0.3) is 0 Å². The van der Waals surface area contributed by atoms with Gasteiger partial charge in [0, 0.05) is 44.2 Å². The second-order valence-corrected chi connectivity index (χ2v) is 12.1. The van der Waals surface area contributed by atoms with Gasteiger partial charge in [-0.05, 0) is 73.2 Å². The van der Waals surface area contributed by atoms with E-state index >= 15 is 0 Å². The number of hydrogen-bond acceptors (Lipinski definition) is 4. The Balaban J connectivity index is 1.01. The molecule has 222 valence electrons. The molecule has 1 amide bonds. The zero-order chi connectivity index (χ0) is 29.3. The van der Waals surface area contributed by atoms with Crippen LogP contribution in [0.1, 0.15) is 52.2 Å². The van der Waals surface area contributed by atoms with Gasteiger partial charge in [0.1, 0.15) is 11.9 Å². The number of ether oxygens (including phenoxy) is 1. The molecule has 2 aliphatic heterocycles. The highest BCUT2D eigenvalue weighted by Crippen LogP contribution is 2.28. The lowest BCUT2D eigenvalue weighted by molar-refractivity contribution is 0.0860. The SMILES string of the molecule is O=C(NCC1CCN(Cc2ccccc2)C1)c1cccc(OC2CCCN(CC(c3ccccc3)c3ccccc3)C2)c1. The number of nitrogens with zero attached hydrogens (tertiary/aromatic N) is 2. The molecular formula is C38H43N3O2. The Morgan fingerprint density at radius 3 is 2.19 bits per heavy atom. The lowest BCUT2D eigenvalue weighted by atomic mass is 9.90. The molecule has 0 radical (unpaired) electrons. The molecule has 5 heteroatoms. The molecule has 2 fully saturated rings. The normalized spacial score (nSPS) is 19.4. The second kappa shape index (κ2) is 14.5. The number of carbonyl (C=O) groups excluding carboxylic acids is 1. The minimum atomic E-state index is -0.0224. The van der Waals surface area contributed by atoms with Gasteiger partial charge >= 0.3 is 0 Å². The van der Waals surface area contributed by atoms with Crippen LogP contribution in [-0.2, 0) is 6.54 Å². The van der Waals surface area contributed by atoms with Gasteiger partial charge in [-0.25, -0.2) is 0 Å². The summed E-state index contributed by atoms with van der Waals surface area (Å²) in [6, 6.07) is 39.9. The van der Waals surface area contributed by atoms with Gasteiger partial charge in [0.25, 0.3) is 5.91 Å². The molecule has 5 nitrogen and oxygen atoms in total. The molecule has 2 unspecified atom stereocenters. The van der Waals surface area contributed by atoms with Crippen LogP contribution in [0.5, 0.6) is 5.75 Å². The lowest BCUT2D eigenvalue weighted by Gasteiger charge is -2.35. The Labute approximate surface area is 256 Å². The smallest absolute Gasteiger partial charge is 0.251 e. The molecule has 2 heterocycles. The van der Waals surface area contributed by atoms with E-state index in [9.17, 15) is 4.79 Å². The molecule has 43 heavy (non-hydrogen) atoms. The van der Waals surface area contributed by atoms with E-state index in [-0.39, 0.29) is 12.0 Å². The van der Waals surface area contributed by atoms with Gasteiger partial charge in [0.2, 0.25) is 0 Å². The fourth-order valence-electron chi connectivity index (χ4n) is 6.61. The van der Waals surface area contributed by atoms with Gasteiger partial charge in [-0.3, -0.25) is 14.6 Å². The van der Waals surface area contributed by atoms with Gasteiger partial charge in [-0.1, -0.05) is 97.1 Å². The van der Waals surface area contributed by atoms with Crippen molar-refractivity contribution in [3.05, 3.63) is 138 Å². The van der Waals surface area contributed by atoms with Crippen molar-refractivity contribution in [1.29, 1.82) is 0 Å². The molecule has 2 saturated heterocycles. The molecule has 2 aliphatic rings. The van der Waals surface area contributed by atoms with E-state index in [1.807, 2.05) is 24.3 Å². The third kappa shape index (κ3) is 8.13. The van der Waals surface area contributed by atoms with E-state index in [0.29, 0.717) is 23.9 Å². The summed E-state index contributed by atoms with van der Waals surface area (Å²) in [7, 11) is 0. The minimum Gasteiger partial charge on any atom is -0.489 e. The molecule has 1 N–H and O–H groups in total. The summed E-state index contributed by atoms with van der Waals surface area (Å²) in [5.74, 6) is 1.55. The van der Waals surface area contributed by atoms with E-state index in [4.69, 9.17) is 4.74 Å². The van der Waals surface area contributed by atoms with Crippen molar-refractivity contribution in [2.45, 2.75) is 37.8 Å². The zero-order valence-electron chi connectivity index (χ0n) is 25.0. The van der Waals surface area contributed by atoms with Crippen LogP contribution >= 0.6 is 0 Å². The topological polar surface area (TPSA) is 44.8 Å². The van der Waals surface area contributed by atoms with Crippen molar-refractivity contribution in [2.75, 3.05) is 39.3 Å². The first kappa shape index (κ1) is 29.2. The molecule has 0 bridgehead atoms. The molecule has 0 spiro atoms. The van der Waals surface area contributed by atoms with Gasteiger partial charge in [-0.2, -0.15) is 0 Å². The largest absolute Gasteiger partial charge is 0.489 e. The number of rotatable bonds is 11. The summed E-state index contributed by atoms with van der Waals surface area (Å²) < 4.78 is 6.49. The van der Waals surface area contributed by atoms with Crippen LogP contribution in [0.2, 0.25) is 0 Å². The first-order chi connectivity index (χ1) is 21.2. The monoisotopic (exact) mass is 573 g/mol. The van der Waals surface area contributed by atoms with E-state index in [1.54, 1.807) is 0 Å². The van der Waals surface area contributed by atoms with Gasteiger partial charge in [0.15, 0.2) is 0 Å². The number of hydrogen-bond donors (Lipinski definition) is 1. The Morgan fingerprint density at radius 2 is 1.47 bits per heavy atom. The van der Waals surface area contributed by atoms with Crippen molar-refractivity contribution in [3.63, 3.8) is 0 Å². The average Bonchev–Trinajstić information content (AvgIpc) is 3.51. The first-order valence-corrected chi connectivity index (χ1v) is 15.8. The number of piperidine rings is 1. The molecular weight excluding hydrogens is 530 g/mol. The fourth-order valence-corrected chi connectivity index (χ4v) is 6.61. The van der Waals surface area contributed by atoms with Crippen molar-refractivity contribution in [3.8, 4) is 5.75 Å². The second-order valence-electron chi connectivity index (χ2n) is 12.1. The molecule has 4 aromatic carbocycles. The van der Waals surface area contributed by atoms with Crippen molar-refractivity contribution in [1.82, 2.24) is 15.1 Å². The molecule has 0 saturated carbocycles. The number of carbonyl (C=O) groups is 1. The predicted molar refractivity (Wildman–Crippen MR) is 173 cm³/mol. The first-order valence-electron chi connectivity index (χ1n) is 15.8. The summed E-state index contributed by atoms with van der Waals surface area (Å²) in [4.78, 5) is 18.1. The van der Waals surface area contributed by atoms with Crippen LogP contribution in [0.15, 0.2) is 115 Å². The number of benzene rings is 4. The van der Waals surface area contributed by atoms with Gasteiger partial charge in [-0.15, -0.1) is 0 Å². The highest BCUT2D eigenvalue weighted by molar-refractivity contribution is 5.94. The highest BCUT2D eigenvalue weighted by Gasteiger charge is 2.26. The van der Waals surface area contributed by atoms with Crippen LogP contribution in [0.4, 0.5) is 0 Å². The maximum Gasteiger partial charge on any atom is 0.251 e. The van der Waals surface area contributed by atoms with Crippen LogP contribution in [-0.4, -0.2) is 61.1 Å². The number of nitrogens with one attached hydrogen (secondary N) is 1. The molecule has 2 atom stereocenters. The Hall–Kier alpha value is -3.93. The van der Waals surface area contributed by atoms with E-state index in [0.717, 1.165) is 64.3 Å². The maximum atomic E-state index is 13.1. The predicted octanol–water partition coefficient (Wildman–Crippen LogP) is 6.61. The van der Waals surface area contributed by atoms with E-state index in [1.165, 1.54) is 16.7 Å². The summed E-state index contributed by atoms with van der Waals surface area (Å²) in [5, 5.41) is 3.19. The minimum absolute atomic E-state index is 0.0224. The van der Waals surface area contributed by atoms with Crippen molar-refractivity contribution < 1.29 is 9.53 Å². The summed E-state index contributed by atoms with van der Waals surface area (Å²) in [6.45, 7) is 6.69. The summed E-state index contributed by atoms with van der Waals surface area (Å²) in [6.07, 6.45) is 3.34. The summed E-state index contributed by atoms with van der Waals surface area (Å²) >= 11 is 0. The molecule has 4 aromatic rings. The quantitative estimate of drug-likeness (QED) is 0.219. The zero-order valence-corrected chi connectivity index (χ0v) is 25.0.